The van der Waals surface area contributed by atoms with E-state index in [1.54, 1.807) is 6.92 Å². The normalized spacial score (nSPS) is 8.69. The maximum Gasteiger partial charge on any atom is 0.160 e. The number of rotatable bonds is 1. The SMILES string of the molecule is CC.CC(=O)c1c(C)cccc1C. The molecule has 1 nitrogen and oxygen atoms in total. The third-order valence-electron chi connectivity index (χ3n) is 1.83. The van der Waals surface area contributed by atoms with Crippen LogP contribution in [-0.2, 0) is 0 Å². The molecule has 0 atom stereocenters. The summed E-state index contributed by atoms with van der Waals surface area (Å²) in [7, 11) is 0. The van der Waals surface area contributed by atoms with Crippen LogP contribution in [0.5, 0.6) is 0 Å². The molecule has 1 aromatic carbocycles. The lowest BCUT2D eigenvalue weighted by Crippen LogP contribution is -1.98. The highest BCUT2D eigenvalue weighted by molar-refractivity contribution is 5.96. The second-order valence-corrected chi connectivity index (χ2v) is 2.82. The summed E-state index contributed by atoms with van der Waals surface area (Å²) in [5.41, 5.74) is 3.00. The maximum atomic E-state index is 11.1. The molecule has 1 rings (SSSR count). The van der Waals surface area contributed by atoms with Crippen LogP contribution in [0.15, 0.2) is 18.2 Å². The van der Waals surface area contributed by atoms with E-state index in [-0.39, 0.29) is 5.78 Å². The van der Waals surface area contributed by atoms with Gasteiger partial charge in [-0.05, 0) is 31.9 Å². The van der Waals surface area contributed by atoms with Crippen molar-refractivity contribution in [1.82, 2.24) is 0 Å². The van der Waals surface area contributed by atoms with Gasteiger partial charge < -0.3 is 0 Å². The van der Waals surface area contributed by atoms with Crippen LogP contribution < -0.4 is 0 Å². The average Bonchev–Trinajstić information content (AvgIpc) is 2.07. The number of carbonyl (C=O) groups excluding carboxylic acids is 1. The first-order chi connectivity index (χ1) is 6.13. The highest BCUT2D eigenvalue weighted by Crippen LogP contribution is 2.12. The third kappa shape index (κ3) is 3.02. The molecule has 0 aliphatic heterocycles. The second kappa shape index (κ2) is 5.52. The summed E-state index contributed by atoms with van der Waals surface area (Å²) < 4.78 is 0. The van der Waals surface area contributed by atoms with E-state index in [9.17, 15) is 4.79 Å². The molecule has 1 aromatic rings. The lowest BCUT2D eigenvalue weighted by molar-refractivity contribution is 0.101. The van der Waals surface area contributed by atoms with E-state index in [2.05, 4.69) is 0 Å². The molecule has 0 fully saturated rings. The Labute approximate surface area is 80.8 Å². The van der Waals surface area contributed by atoms with Crippen LogP contribution in [-0.4, -0.2) is 5.78 Å². The Morgan fingerprint density at radius 3 is 1.69 bits per heavy atom. The highest BCUT2D eigenvalue weighted by Gasteiger charge is 2.05. The fourth-order valence-electron chi connectivity index (χ4n) is 1.37. The summed E-state index contributed by atoms with van der Waals surface area (Å²) >= 11 is 0. The van der Waals surface area contributed by atoms with Crippen LogP contribution in [0.2, 0.25) is 0 Å². The van der Waals surface area contributed by atoms with Crippen molar-refractivity contribution >= 4 is 5.78 Å². The Morgan fingerprint density at radius 1 is 1.08 bits per heavy atom. The lowest BCUT2D eigenvalue weighted by Gasteiger charge is -2.04. The van der Waals surface area contributed by atoms with E-state index in [4.69, 9.17) is 0 Å². The van der Waals surface area contributed by atoms with E-state index in [0.29, 0.717) is 0 Å². The molecular weight excluding hydrogens is 160 g/mol. The Kier molecular flexibility index (Phi) is 5.05. The number of Topliss-reactive ketones (excluding diaryl/α,β-unsaturated/α-hetero) is 1. The molecule has 0 N–H and O–H groups in total. The largest absolute Gasteiger partial charge is 0.294 e. The fourth-order valence-corrected chi connectivity index (χ4v) is 1.37. The van der Waals surface area contributed by atoms with Crippen molar-refractivity contribution in [2.75, 3.05) is 0 Å². The van der Waals surface area contributed by atoms with Crippen molar-refractivity contribution in [3.8, 4) is 0 Å². The number of aryl methyl sites for hydroxylation is 2. The zero-order valence-corrected chi connectivity index (χ0v) is 9.14. The average molecular weight is 178 g/mol. The Morgan fingerprint density at radius 2 is 1.46 bits per heavy atom. The van der Waals surface area contributed by atoms with Crippen molar-refractivity contribution in [3.63, 3.8) is 0 Å². The summed E-state index contributed by atoms with van der Waals surface area (Å²) in [5.74, 6) is 0.153. The van der Waals surface area contributed by atoms with Crippen LogP contribution in [0.4, 0.5) is 0 Å². The van der Waals surface area contributed by atoms with Crippen molar-refractivity contribution in [2.45, 2.75) is 34.6 Å². The summed E-state index contributed by atoms with van der Waals surface area (Å²) in [5, 5.41) is 0. The zero-order valence-electron chi connectivity index (χ0n) is 9.14. The van der Waals surface area contributed by atoms with Crippen LogP contribution in [0, 0.1) is 13.8 Å². The van der Waals surface area contributed by atoms with Gasteiger partial charge in [0, 0.05) is 5.56 Å². The smallest absolute Gasteiger partial charge is 0.160 e. The molecule has 0 aromatic heterocycles. The standard InChI is InChI=1S/C10H12O.C2H6/c1-7-5-4-6-8(2)10(7)9(3)11;1-2/h4-6H,1-3H3;1-2H3. The first kappa shape index (κ1) is 11.9. The number of ketones is 1. The van der Waals surface area contributed by atoms with Gasteiger partial charge in [0.05, 0.1) is 0 Å². The number of benzene rings is 1. The van der Waals surface area contributed by atoms with Gasteiger partial charge in [-0.3, -0.25) is 4.79 Å². The monoisotopic (exact) mass is 178 g/mol. The molecule has 0 aliphatic carbocycles. The Hall–Kier alpha value is -1.11. The molecule has 0 amide bonds. The number of carbonyl (C=O) groups is 1. The second-order valence-electron chi connectivity index (χ2n) is 2.82. The van der Waals surface area contributed by atoms with Crippen molar-refractivity contribution in [2.24, 2.45) is 0 Å². The van der Waals surface area contributed by atoms with Gasteiger partial charge in [0.2, 0.25) is 0 Å². The maximum absolute atomic E-state index is 11.1. The van der Waals surface area contributed by atoms with Crippen molar-refractivity contribution < 1.29 is 4.79 Å². The molecule has 0 aliphatic rings. The summed E-state index contributed by atoms with van der Waals surface area (Å²) in [6, 6.07) is 5.89. The summed E-state index contributed by atoms with van der Waals surface area (Å²) in [6.45, 7) is 9.53. The van der Waals surface area contributed by atoms with E-state index in [0.717, 1.165) is 16.7 Å². The minimum Gasteiger partial charge on any atom is -0.294 e. The first-order valence-corrected chi connectivity index (χ1v) is 4.70. The molecule has 0 spiro atoms. The first-order valence-electron chi connectivity index (χ1n) is 4.70. The van der Waals surface area contributed by atoms with Gasteiger partial charge in [-0.2, -0.15) is 0 Å². The Bertz CT molecular complexity index is 267. The molecular formula is C12H18O. The molecule has 0 saturated carbocycles. The molecule has 0 saturated heterocycles. The van der Waals surface area contributed by atoms with Gasteiger partial charge in [0.25, 0.3) is 0 Å². The molecule has 72 valence electrons. The van der Waals surface area contributed by atoms with Gasteiger partial charge in [-0.25, -0.2) is 0 Å². The topological polar surface area (TPSA) is 17.1 Å². The minimum atomic E-state index is 0.153. The zero-order chi connectivity index (χ0) is 10.4. The van der Waals surface area contributed by atoms with Crippen molar-refractivity contribution in [3.05, 3.63) is 34.9 Å². The predicted molar refractivity (Wildman–Crippen MR) is 57.3 cm³/mol. The lowest BCUT2D eigenvalue weighted by atomic mass is 10.0. The van der Waals surface area contributed by atoms with Gasteiger partial charge in [-0.1, -0.05) is 32.0 Å². The van der Waals surface area contributed by atoms with Crippen LogP contribution in [0.3, 0.4) is 0 Å². The van der Waals surface area contributed by atoms with E-state index >= 15 is 0 Å². The van der Waals surface area contributed by atoms with Gasteiger partial charge in [-0.15, -0.1) is 0 Å². The summed E-state index contributed by atoms with van der Waals surface area (Å²) in [6.07, 6.45) is 0. The van der Waals surface area contributed by atoms with E-state index in [1.807, 2.05) is 45.9 Å². The molecule has 0 unspecified atom stereocenters. The highest BCUT2D eigenvalue weighted by atomic mass is 16.1. The molecule has 0 radical (unpaired) electrons. The van der Waals surface area contributed by atoms with E-state index in [1.165, 1.54) is 0 Å². The van der Waals surface area contributed by atoms with Gasteiger partial charge in [0.15, 0.2) is 5.78 Å². The quantitative estimate of drug-likeness (QED) is 0.601. The van der Waals surface area contributed by atoms with Crippen LogP contribution in [0.25, 0.3) is 0 Å². The molecule has 13 heavy (non-hydrogen) atoms. The van der Waals surface area contributed by atoms with E-state index < -0.39 is 0 Å². The Balaban J connectivity index is 0.000000671. The van der Waals surface area contributed by atoms with Crippen LogP contribution >= 0.6 is 0 Å². The molecule has 0 heterocycles. The summed E-state index contributed by atoms with van der Waals surface area (Å²) in [4.78, 5) is 11.1. The minimum absolute atomic E-state index is 0.153. The van der Waals surface area contributed by atoms with Gasteiger partial charge >= 0.3 is 0 Å². The number of hydrogen-bond donors (Lipinski definition) is 0. The predicted octanol–water partition coefficient (Wildman–Crippen LogP) is 3.53. The van der Waals surface area contributed by atoms with Crippen molar-refractivity contribution in [1.29, 1.82) is 0 Å². The van der Waals surface area contributed by atoms with Crippen LogP contribution in [0.1, 0.15) is 42.3 Å². The molecule has 0 bridgehead atoms. The number of hydrogen-bond acceptors (Lipinski definition) is 1. The third-order valence-corrected chi connectivity index (χ3v) is 1.83. The van der Waals surface area contributed by atoms with Gasteiger partial charge in [0.1, 0.15) is 0 Å². The fraction of sp³-hybridized carbons (Fsp3) is 0.417. The molecule has 1 heteroatoms.